The van der Waals surface area contributed by atoms with Crippen molar-refractivity contribution in [2.24, 2.45) is 0 Å². The van der Waals surface area contributed by atoms with Crippen molar-refractivity contribution in [3.05, 3.63) is 70.5 Å². The summed E-state index contributed by atoms with van der Waals surface area (Å²) in [4.78, 5) is 0.671. The quantitative estimate of drug-likeness (QED) is 0.856. The van der Waals surface area contributed by atoms with Crippen LogP contribution in [-0.2, 0) is 6.42 Å². The Bertz CT molecular complexity index is 569. The van der Waals surface area contributed by atoms with Crippen LogP contribution >= 0.6 is 23.8 Å². The van der Waals surface area contributed by atoms with Crippen molar-refractivity contribution in [3.8, 4) is 0 Å². The Morgan fingerprint density at radius 1 is 1.16 bits per heavy atom. The fraction of sp³-hybridized carbons (Fsp3) is 0.133. The number of hydrogen-bond donors (Lipinski definition) is 1. The van der Waals surface area contributed by atoms with E-state index in [2.05, 4.69) is 5.32 Å². The summed E-state index contributed by atoms with van der Waals surface area (Å²) in [6.07, 6.45) is 0.793. The van der Waals surface area contributed by atoms with E-state index >= 15 is 0 Å². The molecule has 98 valence electrons. The Labute approximate surface area is 122 Å². The highest BCUT2D eigenvalue weighted by atomic mass is 35.5. The molecule has 4 heteroatoms. The van der Waals surface area contributed by atoms with E-state index < -0.39 is 0 Å². The Hall–Kier alpha value is -1.45. The third kappa shape index (κ3) is 4.30. The van der Waals surface area contributed by atoms with Gasteiger partial charge in [-0.2, -0.15) is 0 Å². The van der Waals surface area contributed by atoms with Crippen molar-refractivity contribution in [2.45, 2.75) is 6.42 Å². The zero-order chi connectivity index (χ0) is 13.7. The van der Waals surface area contributed by atoms with E-state index in [4.69, 9.17) is 23.8 Å². The van der Waals surface area contributed by atoms with Crippen LogP contribution in [0.2, 0.25) is 5.02 Å². The number of rotatable bonds is 4. The van der Waals surface area contributed by atoms with Gasteiger partial charge in [-0.25, -0.2) is 4.39 Å². The van der Waals surface area contributed by atoms with Crippen molar-refractivity contribution in [1.82, 2.24) is 5.32 Å². The van der Waals surface area contributed by atoms with E-state index in [0.29, 0.717) is 16.6 Å². The van der Waals surface area contributed by atoms with E-state index in [9.17, 15) is 4.39 Å². The summed E-state index contributed by atoms with van der Waals surface area (Å²) in [5.74, 6) is -0.217. The zero-order valence-corrected chi connectivity index (χ0v) is 11.8. The summed E-state index contributed by atoms with van der Waals surface area (Å²) < 4.78 is 12.7. The van der Waals surface area contributed by atoms with E-state index in [1.54, 1.807) is 12.1 Å². The number of halogens is 2. The van der Waals surface area contributed by atoms with Gasteiger partial charge in [-0.15, -0.1) is 0 Å². The number of benzene rings is 2. The van der Waals surface area contributed by atoms with E-state index in [1.165, 1.54) is 12.1 Å². The van der Waals surface area contributed by atoms with Crippen molar-refractivity contribution in [2.75, 3.05) is 6.54 Å². The van der Waals surface area contributed by atoms with Crippen LogP contribution in [0.3, 0.4) is 0 Å². The standard InChI is InChI=1S/C15H13ClFNS/c16-13-3-1-2-12(10-13)15(19)18-9-8-11-4-6-14(17)7-5-11/h1-7,10H,8-9H2,(H,18,19). The summed E-state index contributed by atoms with van der Waals surface area (Å²) in [5.41, 5.74) is 1.98. The highest BCUT2D eigenvalue weighted by Crippen LogP contribution is 2.11. The molecule has 0 aromatic heterocycles. The van der Waals surface area contributed by atoms with Gasteiger partial charge in [0.15, 0.2) is 0 Å². The van der Waals surface area contributed by atoms with Gasteiger partial charge >= 0.3 is 0 Å². The first-order chi connectivity index (χ1) is 9.15. The van der Waals surface area contributed by atoms with Gasteiger partial charge in [-0.3, -0.25) is 0 Å². The van der Waals surface area contributed by atoms with Crippen molar-refractivity contribution in [3.63, 3.8) is 0 Å². The lowest BCUT2D eigenvalue weighted by Gasteiger charge is -2.08. The predicted molar refractivity (Wildman–Crippen MR) is 81.3 cm³/mol. The van der Waals surface area contributed by atoms with E-state index in [-0.39, 0.29) is 5.82 Å². The summed E-state index contributed by atoms with van der Waals surface area (Å²) in [6.45, 7) is 0.705. The van der Waals surface area contributed by atoms with Crippen LogP contribution in [0.4, 0.5) is 4.39 Å². The first-order valence-corrected chi connectivity index (χ1v) is 6.72. The van der Waals surface area contributed by atoms with Crippen LogP contribution in [0.5, 0.6) is 0 Å². The molecule has 2 aromatic rings. The smallest absolute Gasteiger partial charge is 0.123 e. The minimum absolute atomic E-state index is 0.217. The van der Waals surface area contributed by atoms with Gasteiger partial charge in [0.25, 0.3) is 0 Å². The molecule has 19 heavy (non-hydrogen) atoms. The van der Waals surface area contributed by atoms with Gasteiger partial charge in [0.1, 0.15) is 10.8 Å². The van der Waals surface area contributed by atoms with Gasteiger partial charge in [0.2, 0.25) is 0 Å². The average Bonchev–Trinajstić information content (AvgIpc) is 2.41. The molecule has 1 N–H and O–H groups in total. The fourth-order valence-electron chi connectivity index (χ4n) is 1.70. The van der Waals surface area contributed by atoms with Crippen LogP contribution in [0, 0.1) is 5.82 Å². The van der Waals surface area contributed by atoms with E-state index in [1.807, 2.05) is 24.3 Å². The molecule has 2 aromatic carbocycles. The first-order valence-electron chi connectivity index (χ1n) is 5.93. The van der Waals surface area contributed by atoms with Crippen molar-refractivity contribution in [1.29, 1.82) is 0 Å². The van der Waals surface area contributed by atoms with Crippen LogP contribution < -0.4 is 5.32 Å². The van der Waals surface area contributed by atoms with Crippen molar-refractivity contribution < 1.29 is 4.39 Å². The molecular formula is C15H13ClFNS. The summed E-state index contributed by atoms with van der Waals surface area (Å²) in [6, 6.07) is 13.9. The first kappa shape index (κ1) is 14.0. The molecule has 0 radical (unpaired) electrons. The molecule has 0 bridgehead atoms. The Morgan fingerprint density at radius 2 is 1.89 bits per heavy atom. The summed E-state index contributed by atoms with van der Waals surface area (Å²) in [7, 11) is 0. The third-order valence-corrected chi connectivity index (χ3v) is 3.31. The molecule has 0 unspecified atom stereocenters. The highest BCUT2D eigenvalue weighted by Gasteiger charge is 2.01. The Morgan fingerprint density at radius 3 is 2.58 bits per heavy atom. The monoisotopic (exact) mass is 293 g/mol. The second kappa shape index (κ2) is 6.64. The van der Waals surface area contributed by atoms with Crippen LogP contribution in [-0.4, -0.2) is 11.5 Å². The molecule has 0 amide bonds. The number of hydrogen-bond acceptors (Lipinski definition) is 1. The normalized spacial score (nSPS) is 10.2. The zero-order valence-electron chi connectivity index (χ0n) is 10.2. The maximum absolute atomic E-state index is 12.7. The highest BCUT2D eigenvalue weighted by molar-refractivity contribution is 7.80. The molecule has 1 nitrogen and oxygen atoms in total. The molecule has 0 aliphatic heterocycles. The largest absolute Gasteiger partial charge is 0.375 e. The second-order valence-corrected chi connectivity index (χ2v) is 4.99. The molecule has 2 rings (SSSR count). The molecule has 0 spiro atoms. The number of thiocarbonyl (C=S) groups is 1. The third-order valence-electron chi connectivity index (χ3n) is 2.70. The molecule has 0 saturated carbocycles. The van der Waals surface area contributed by atoms with Crippen LogP contribution in [0.15, 0.2) is 48.5 Å². The maximum atomic E-state index is 12.7. The minimum Gasteiger partial charge on any atom is -0.375 e. The van der Waals surface area contributed by atoms with Gasteiger partial charge in [-0.1, -0.05) is 48.1 Å². The van der Waals surface area contributed by atoms with Gasteiger partial charge < -0.3 is 5.32 Å². The lowest BCUT2D eigenvalue weighted by molar-refractivity contribution is 0.627. The van der Waals surface area contributed by atoms with Gasteiger partial charge in [-0.05, 0) is 36.2 Å². The molecule has 0 saturated heterocycles. The fourth-order valence-corrected chi connectivity index (χ4v) is 2.12. The second-order valence-electron chi connectivity index (χ2n) is 4.14. The predicted octanol–water partition coefficient (Wildman–Crippen LogP) is 3.99. The minimum atomic E-state index is -0.217. The molecule has 0 aliphatic carbocycles. The lowest BCUT2D eigenvalue weighted by atomic mass is 10.1. The Balaban J connectivity index is 1.86. The molecule has 0 aliphatic rings. The van der Waals surface area contributed by atoms with Crippen molar-refractivity contribution >= 4 is 28.8 Å². The van der Waals surface area contributed by atoms with Crippen LogP contribution in [0.25, 0.3) is 0 Å². The maximum Gasteiger partial charge on any atom is 0.123 e. The summed E-state index contributed by atoms with van der Waals surface area (Å²) >= 11 is 11.2. The molecule has 0 heterocycles. The topological polar surface area (TPSA) is 12.0 Å². The van der Waals surface area contributed by atoms with E-state index in [0.717, 1.165) is 17.5 Å². The molecular weight excluding hydrogens is 281 g/mol. The lowest BCUT2D eigenvalue weighted by Crippen LogP contribution is -2.24. The average molecular weight is 294 g/mol. The molecule has 0 atom stereocenters. The van der Waals surface area contributed by atoms with Gasteiger partial charge in [0.05, 0.1) is 0 Å². The van der Waals surface area contributed by atoms with Crippen LogP contribution in [0.1, 0.15) is 11.1 Å². The Kier molecular flexibility index (Phi) is 4.88. The van der Waals surface area contributed by atoms with Gasteiger partial charge in [0, 0.05) is 17.1 Å². The summed E-state index contributed by atoms with van der Waals surface area (Å²) in [5, 5.41) is 3.84. The SMILES string of the molecule is Fc1ccc(CCNC(=S)c2cccc(Cl)c2)cc1. The molecule has 0 fully saturated rings. The number of nitrogens with one attached hydrogen (secondary N) is 1.